The van der Waals surface area contributed by atoms with Crippen molar-refractivity contribution in [3.8, 4) is 0 Å². The molecule has 0 aliphatic carbocycles. The minimum Gasteiger partial charge on any atom is -0.467 e. The third-order valence-corrected chi connectivity index (χ3v) is 2.83. The van der Waals surface area contributed by atoms with Crippen LogP contribution in [0.4, 0.5) is 0 Å². The lowest BCUT2D eigenvalue weighted by Gasteiger charge is -2.17. The van der Waals surface area contributed by atoms with Crippen molar-refractivity contribution >= 4 is 17.7 Å². The molecule has 0 spiro atoms. The van der Waals surface area contributed by atoms with Crippen molar-refractivity contribution in [1.29, 1.82) is 0 Å². The lowest BCUT2D eigenvalue weighted by molar-refractivity contribution is -0.143. The second kappa shape index (κ2) is 6.88. The second-order valence-corrected chi connectivity index (χ2v) is 5.04. The Morgan fingerprint density at radius 3 is 2.45 bits per heavy atom. The highest BCUT2D eigenvalue weighted by molar-refractivity contribution is 6.00. The molecule has 0 aromatic carbocycles. The zero-order valence-corrected chi connectivity index (χ0v) is 12.1. The number of hydrogen-bond acceptors (Lipinski definition) is 4. The van der Waals surface area contributed by atoms with Gasteiger partial charge in [0.05, 0.1) is 7.11 Å². The smallest absolute Gasteiger partial charge is 0.328 e. The van der Waals surface area contributed by atoms with Gasteiger partial charge in [-0.3, -0.25) is 9.59 Å². The molecule has 0 aliphatic heterocycles. The summed E-state index contributed by atoms with van der Waals surface area (Å²) in [5.41, 5.74) is 0.668. The van der Waals surface area contributed by atoms with Crippen LogP contribution in [0.25, 0.3) is 0 Å². The number of carbonyl (C=O) groups is 3. The summed E-state index contributed by atoms with van der Waals surface area (Å²) in [6.07, 6.45) is 1.95. The molecule has 110 valence electrons. The average Bonchev–Trinajstić information content (AvgIpc) is 2.86. The Kier molecular flexibility index (Phi) is 5.49. The normalized spacial score (nSPS) is 12.1. The highest BCUT2D eigenvalue weighted by Crippen LogP contribution is 2.09. The van der Waals surface area contributed by atoms with Gasteiger partial charge in [0, 0.05) is 11.8 Å². The third-order valence-electron chi connectivity index (χ3n) is 2.83. The van der Waals surface area contributed by atoms with Crippen LogP contribution in [0.15, 0.2) is 12.3 Å². The van der Waals surface area contributed by atoms with Gasteiger partial charge >= 0.3 is 5.97 Å². The molecule has 1 unspecified atom stereocenters. The van der Waals surface area contributed by atoms with E-state index in [-0.39, 0.29) is 17.4 Å². The van der Waals surface area contributed by atoms with Gasteiger partial charge in [-0.1, -0.05) is 13.8 Å². The predicted octanol–water partition coefficient (Wildman–Crippen LogP) is 1.53. The standard InChI is InChI=1S/C14H20N2O4/c1-8(2)5-12(14(19)20-4)16-13(18)11-6-10(7-15-11)9(3)17/h6-8,12,15H,5H2,1-4H3,(H,16,18). The number of H-pyrrole nitrogens is 1. The van der Waals surface area contributed by atoms with Crippen LogP contribution in [0, 0.1) is 5.92 Å². The van der Waals surface area contributed by atoms with Crippen molar-refractivity contribution in [2.24, 2.45) is 5.92 Å². The van der Waals surface area contributed by atoms with Crippen LogP contribution in [-0.4, -0.2) is 35.8 Å². The topological polar surface area (TPSA) is 88.3 Å². The van der Waals surface area contributed by atoms with E-state index in [0.29, 0.717) is 12.0 Å². The molecule has 6 heteroatoms. The van der Waals surface area contributed by atoms with Gasteiger partial charge in [0.25, 0.3) is 5.91 Å². The Hall–Kier alpha value is -2.11. The van der Waals surface area contributed by atoms with Gasteiger partial charge in [-0.15, -0.1) is 0 Å². The van der Waals surface area contributed by atoms with E-state index in [1.165, 1.54) is 26.3 Å². The van der Waals surface area contributed by atoms with E-state index in [2.05, 4.69) is 15.0 Å². The van der Waals surface area contributed by atoms with E-state index < -0.39 is 17.9 Å². The van der Waals surface area contributed by atoms with Crippen molar-refractivity contribution in [3.63, 3.8) is 0 Å². The fourth-order valence-corrected chi connectivity index (χ4v) is 1.79. The predicted molar refractivity (Wildman–Crippen MR) is 73.5 cm³/mol. The molecule has 1 heterocycles. The van der Waals surface area contributed by atoms with Crippen molar-refractivity contribution < 1.29 is 19.1 Å². The van der Waals surface area contributed by atoms with Crippen LogP contribution in [0.3, 0.4) is 0 Å². The number of carbonyl (C=O) groups excluding carboxylic acids is 3. The monoisotopic (exact) mass is 280 g/mol. The number of methoxy groups -OCH3 is 1. The fraction of sp³-hybridized carbons (Fsp3) is 0.500. The number of aromatic nitrogens is 1. The maximum absolute atomic E-state index is 12.0. The lowest BCUT2D eigenvalue weighted by atomic mass is 10.0. The molecule has 1 rings (SSSR count). The number of nitrogens with one attached hydrogen (secondary N) is 2. The molecule has 0 saturated heterocycles. The van der Waals surface area contributed by atoms with Gasteiger partial charge < -0.3 is 15.0 Å². The Labute approximate surface area is 117 Å². The highest BCUT2D eigenvalue weighted by Gasteiger charge is 2.23. The van der Waals surface area contributed by atoms with Crippen LogP contribution >= 0.6 is 0 Å². The molecule has 0 radical (unpaired) electrons. The number of ether oxygens (including phenoxy) is 1. The first kappa shape index (κ1) is 15.9. The van der Waals surface area contributed by atoms with E-state index in [9.17, 15) is 14.4 Å². The summed E-state index contributed by atoms with van der Waals surface area (Å²) in [6.45, 7) is 5.32. The molecule has 0 bridgehead atoms. The van der Waals surface area contributed by atoms with Crippen LogP contribution in [0.2, 0.25) is 0 Å². The van der Waals surface area contributed by atoms with Crippen LogP contribution < -0.4 is 5.32 Å². The minimum absolute atomic E-state index is 0.132. The minimum atomic E-state index is -0.698. The van der Waals surface area contributed by atoms with Gasteiger partial charge in [-0.25, -0.2) is 4.79 Å². The van der Waals surface area contributed by atoms with E-state index >= 15 is 0 Å². The maximum atomic E-state index is 12.0. The molecule has 0 saturated carbocycles. The largest absolute Gasteiger partial charge is 0.467 e. The van der Waals surface area contributed by atoms with E-state index in [4.69, 9.17) is 0 Å². The lowest BCUT2D eigenvalue weighted by Crippen LogP contribution is -2.42. The Morgan fingerprint density at radius 1 is 1.35 bits per heavy atom. The van der Waals surface area contributed by atoms with Crippen molar-refractivity contribution in [3.05, 3.63) is 23.5 Å². The first-order valence-electron chi connectivity index (χ1n) is 6.43. The van der Waals surface area contributed by atoms with E-state index in [1.54, 1.807) is 0 Å². The molecule has 1 amide bonds. The van der Waals surface area contributed by atoms with Crippen LogP contribution in [-0.2, 0) is 9.53 Å². The maximum Gasteiger partial charge on any atom is 0.328 e. The van der Waals surface area contributed by atoms with Gasteiger partial charge in [-0.2, -0.15) is 0 Å². The molecule has 1 aromatic rings. The van der Waals surface area contributed by atoms with Gasteiger partial charge in [0.15, 0.2) is 5.78 Å². The summed E-state index contributed by atoms with van der Waals surface area (Å²) < 4.78 is 4.68. The number of amides is 1. The molecular formula is C14H20N2O4. The van der Waals surface area contributed by atoms with Crippen LogP contribution in [0.1, 0.15) is 48.0 Å². The first-order chi connectivity index (χ1) is 9.35. The van der Waals surface area contributed by atoms with Gasteiger partial charge in [0.1, 0.15) is 11.7 Å². The van der Waals surface area contributed by atoms with Crippen molar-refractivity contribution in [2.75, 3.05) is 7.11 Å². The molecular weight excluding hydrogens is 260 g/mol. The number of Topliss-reactive ketones (excluding diaryl/α,β-unsaturated/α-hetero) is 1. The summed E-state index contributed by atoms with van der Waals surface area (Å²) in [7, 11) is 1.28. The highest BCUT2D eigenvalue weighted by atomic mass is 16.5. The third kappa shape index (κ3) is 4.22. The first-order valence-corrected chi connectivity index (χ1v) is 6.43. The molecule has 1 aromatic heterocycles. The number of ketones is 1. The summed E-state index contributed by atoms with van der Waals surface area (Å²) in [6, 6.07) is 0.762. The zero-order chi connectivity index (χ0) is 15.3. The Morgan fingerprint density at radius 2 is 2.00 bits per heavy atom. The summed E-state index contributed by atoms with van der Waals surface area (Å²) in [4.78, 5) is 37.6. The average molecular weight is 280 g/mol. The molecule has 1 atom stereocenters. The number of rotatable bonds is 6. The van der Waals surface area contributed by atoms with Gasteiger partial charge in [0.2, 0.25) is 0 Å². The van der Waals surface area contributed by atoms with E-state index in [1.807, 2.05) is 13.8 Å². The summed E-state index contributed by atoms with van der Waals surface area (Å²) in [5.74, 6) is -0.818. The van der Waals surface area contributed by atoms with Gasteiger partial charge in [-0.05, 0) is 25.3 Å². The molecule has 2 N–H and O–H groups in total. The Bertz CT molecular complexity index is 505. The van der Waals surface area contributed by atoms with Crippen molar-refractivity contribution in [1.82, 2.24) is 10.3 Å². The SMILES string of the molecule is COC(=O)C(CC(C)C)NC(=O)c1cc(C(C)=O)c[nH]1. The summed E-state index contributed by atoms with van der Waals surface area (Å²) >= 11 is 0. The molecule has 20 heavy (non-hydrogen) atoms. The van der Waals surface area contributed by atoms with E-state index in [0.717, 1.165) is 0 Å². The second-order valence-electron chi connectivity index (χ2n) is 5.04. The number of esters is 1. The van der Waals surface area contributed by atoms with Crippen molar-refractivity contribution in [2.45, 2.75) is 33.2 Å². The number of hydrogen-bond donors (Lipinski definition) is 2. The summed E-state index contributed by atoms with van der Waals surface area (Å²) in [5, 5.41) is 2.61. The zero-order valence-electron chi connectivity index (χ0n) is 12.1. The fourth-order valence-electron chi connectivity index (χ4n) is 1.79. The number of aromatic amines is 1. The Balaban J connectivity index is 2.78. The van der Waals surface area contributed by atoms with Crippen LogP contribution in [0.5, 0.6) is 0 Å². The molecule has 6 nitrogen and oxygen atoms in total. The quantitative estimate of drug-likeness (QED) is 0.611. The molecule has 0 aliphatic rings. The molecule has 0 fully saturated rings.